The Kier molecular flexibility index (Phi) is 3.81. The van der Waals surface area contributed by atoms with Gasteiger partial charge < -0.3 is 16.6 Å². The zero-order chi connectivity index (χ0) is 8.85. The molecule has 0 saturated heterocycles. The van der Waals surface area contributed by atoms with Crippen molar-refractivity contribution in [3.05, 3.63) is 11.6 Å². The van der Waals surface area contributed by atoms with E-state index in [0.717, 1.165) is 11.8 Å². The van der Waals surface area contributed by atoms with Crippen molar-refractivity contribution in [2.75, 3.05) is 5.75 Å². The lowest BCUT2D eigenvalue weighted by Crippen LogP contribution is -2.32. The number of carbonyl (C=O) groups is 1. The van der Waals surface area contributed by atoms with Crippen molar-refractivity contribution in [3.8, 4) is 0 Å². The van der Waals surface area contributed by atoms with Gasteiger partial charge in [0, 0.05) is 11.9 Å². The predicted octanol–water partition coefficient (Wildman–Crippen LogP) is -0.439. The molecule has 0 bridgehead atoms. The van der Waals surface area contributed by atoms with Crippen LogP contribution in [-0.4, -0.2) is 22.9 Å². The number of carboxylic acid groups (broad SMARTS) is 1. The Hall–Kier alpha value is -0.680. The quantitative estimate of drug-likeness (QED) is 0.523. The molecule has 0 aliphatic carbocycles. The van der Waals surface area contributed by atoms with Gasteiger partial charge in [-0.15, -0.1) is 11.8 Å². The Balaban J connectivity index is 3.55. The smallest absolute Gasteiger partial charge is 0.321 e. The van der Waals surface area contributed by atoms with Crippen molar-refractivity contribution in [2.24, 2.45) is 11.5 Å². The molecule has 58 valence electrons. The summed E-state index contributed by atoms with van der Waals surface area (Å²) in [6.45, 7) is 0. The van der Waals surface area contributed by atoms with Crippen molar-refractivity contribution in [1.29, 1.82) is 0 Å². The summed E-state index contributed by atoms with van der Waals surface area (Å²) in [4.78, 5) is 10.1. The Morgan fingerprint density at radius 2 is 2.60 bits per heavy atom. The fraction of sp³-hybridized carbons (Fsp3) is 0.400. The van der Waals surface area contributed by atoms with Crippen molar-refractivity contribution in [2.45, 2.75) is 6.04 Å². The first kappa shape index (κ1) is 7.43. The van der Waals surface area contributed by atoms with Crippen molar-refractivity contribution < 1.29 is 11.3 Å². The van der Waals surface area contributed by atoms with Crippen molar-refractivity contribution >= 4 is 17.7 Å². The van der Waals surface area contributed by atoms with E-state index in [9.17, 15) is 4.79 Å². The minimum Gasteiger partial charge on any atom is -0.480 e. The molecule has 0 amide bonds. The molecule has 0 fully saturated rings. The average Bonchev–Trinajstić information content (AvgIpc) is 1.86. The molecule has 0 radical (unpaired) electrons. The van der Waals surface area contributed by atoms with Crippen LogP contribution in [-0.2, 0) is 4.79 Å². The normalized spacial score (nSPS) is 16.1. The lowest BCUT2D eigenvalue weighted by atomic mass is 10.4. The molecule has 4 nitrogen and oxygen atoms in total. The van der Waals surface area contributed by atoms with Crippen molar-refractivity contribution in [1.82, 2.24) is 0 Å². The van der Waals surface area contributed by atoms with Crippen LogP contribution in [0.4, 0.5) is 0 Å². The Morgan fingerprint density at radius 3 is 3.00 bits per heavy atom. The molecule has 0 rings (SSSR count). The summed E-state index contributed by atoms with van der Waals surface area (Å²) >= 11 is 1.12. The van der Waals surface area contributed by atoms with Gasteiger partial charge in [0.25, 0.3) is 0 Å². The van der Waals surface area contributed by atoms with Crippen LogP contribution in [0.25, 0.3) is 0 Å². The SMILES string of the molecule is [2H]C(N)=CSC[C@H](N)C(=O)O. The minimum atomic E-state index is -1.05. The molecule has 0 aliphatic rings. The topological polar surface area (TPSA) is 89.3 Å². The predicted molar refractivity (Wildman–Crippen MR) is 41.4 cm³/mol. The van der Waals surface area contributed by atoms with Crippen LogP contribution >= 0.6 is 11.8 Å². The highest BCUT2D eigenvalue weighted by molar-refractivity contribution is 8.02. The zero-order valence-electron chi connectivity index (χ0n) is 6.28. The maximum absolute atomic E-state index is 10.1. The third-order valence-electron chi connectivity index (χ3n) is 0.744. The summed E-state index contributed by atoms with van der Waals surface area (Å²) in [5.74, 6) is -0.816. The van der Waals surface area contributed by atoms with E-state index in [0.29, 0.717) is 0 Å². The second-order valence-electron chi connectivity index (χ2n) is 1.56. The maximum atomic E-state index is 10.1. The highest BCUT2D eigenvalue weighted by atomic mass is 32.2. The minimum absolute atomic E-state index is 0.0902. The van der Waals surface area contributed by atoms with Crippen LogP contribution in [0.1, 0.15) is 1.37 Å². The van der Waals surface area contributed by atoms with Gasteiger partial charge in [-0.3, -0.25) is 4.79 Å². The second-order valence-corrected chi connectivity index (χ2v) is 2.46. The van der Waals surface area contributed by atoms with Gasteiger partial charge in [0.1, 0.15) is 6.04 Å². The molecule has 10 heavy (non-hydrogen) atoms. The lowest BCUT2D eigenvalue weighted by Gasteiger charge is -2.01. The summed E-state index contributed by atoms with van der Waals surface area (Å²) in [6.07, 6.45) is -0.0902. The van der Waals surface area contributed by atoms with E-state index >= 15 is 0 Å². The van der Waals surface area contributed by atoms with Crippen molar-refractivity contribution in [3.63, 3.8) is 0 Å². The molecule has 0 aromatic heterocycles. The first-order valence-electron chi connectivity index (χ1n) is 3.06. The number of hydrogen-bond acceptors (Lipinski definition) is 4. The Morgan fingerprint density at radius 1 is 2.00 bits per heavy atom. The van der Waals surface area contributed by atoms with Gasteiger partial charge in [0.05, 0.1) is 1.37 Å². The standard InChI is InChI=1S/C5H10N2O2S/c6-1-2-10-3-4(7)5(8)9/h1-2,4H,3,6-7H2,(H,8,9)/t4-/m0/s1/i1D. The molecule has 0 aromatic rings. The molecular weight excluding hydrogens is 152 g/mol. The Labute approximate surface area is 64.7 Å². The summed E-state index contributed by atoms with van der Waals surface area (Å²) in [5, 5.41) is 9.66. The maximum Gasteiger partial charge on any atom is 0.321 e. The van der Waals surface area contributed by atoms with Gasteiger partial charge >= 0.3 is 5.97 Å². The Bertz CT molecular complexity index is 170. The first-order chi connectivity index (χ1) is 5.04. The molecule has 0 unspecified atom stereocenters. The largest absolute Gasteiger partial charge is 0.480 e. The van der Waals surface area contributed by atoms with E-state index in [1.807, 2.05) is 0 Å². The summed E-state index contributed by atoms with van der Waals surface area (Å²) in [7, 11) is 0. The monoisotopic (exact) mass is 163 g/mol. The summed E-state index contributed by atoms with van der Waals surface area (Å²) in [5.41, 5.74) is 10.1. The molecule has 0 aliphatic heterocycles. The molecule has 1 atom stereocenters. The molecule has 0 aromatic carbocycles. The van der Waals surface area contributed by atoms with Gasteiger partial charge in [-0.25, -0.2) is 0 Å². The van der Waals surface area contributed by atoms with Gasteiger partial charge in [-0.05, 0) is 5.41 Å². The highest BCUT2D eigenvalue weighted by Gasteiger charge is 2.09. The highest BCUT2D eigenvalue weighted by Crippen LogP contribution is 2.01. The van der Waals surface area contributed by atoms with Gasteiger partial charge in [-0.2, -0.15) is 0 Å². The number of nitrogens with two attached hydrogens (primary N) is 2. The number of carboxylic acids is 1. The number of rotatable bonds is 4. The van der Waals surface area contributed by atoms with E-state index in [1.54, 1.807) is 0 Å². The van der Waals surface area contributed by atoms with E-state index in [2.05, 4.69) is 0 Å². The number of aliphatic carboxylic acids is 1. The third kappa shape index (κ3) is 4.22. The van der Waals surface area contributed by atoms with E-state index < -0.39 is 12.0 Å². The van der Waals surface area contributed by atoms with Crippen LogP contribution < -0.4 is 11.5 Å². The summed E-state index contributed by atoms with van der Waals surface area (Å²) in [6, 6.07) is -0.893. The molecule has 0 saturated carbocycles. The van der Waals surface area contributed by atoms with E-state index in [-0.39, 0.29) is 11.9 Å². The average molecular weight is 163 g/mol. The lowest BCUT2D eigenvalue weighted by molar-refractivity contribution is -0.137. The van der Waals surface area contributed by atoms with Gasteiger partial charge in [-0.1, -0.05) is 0 Å². The molecule has 0 spiro atoms. The van der Waals surface area contributed by atoms with Crippen LogP contribution in [0.3, 0.4) is 0 Å². The van der Waals surface area contributed by atoms with Crippen LogP contribution in [0.15, 0.2) is 11.6 Å². The van der Waals surface area contributed by atoms with Gasteiger partial charge in [0.2, 0.25) is 0 Å². The second kappa shape index (κ2) is 5.13. The number of hydrogen-bond donors (Lipinski definition) is 3. The first-order valence-corrected chi connectivity index (χ1v) is 3.61. The van der Waals surface area contributed by atoms with E-state index in [4.69, 9.17) is 17.9 Å². The zero-order valence-corrected chi connectivity index (χ0v) is 6.10. The molecule has 5 N–H and O–H groups in total. The number of thioether (sulfide) groups is 1. The van der Waals surface area contributed by atoms with Crippen LogP contribution in [0.2, 0.25) is 0 Å². The van der Waals surface area contributed by atoms with Gasteiger partial charge in [0.15, 0.2) is 0 Å². The third-order valence-corrected chi connectivity index (χ3v) is 1.60. The van der Waals surface area contributed by atoms with Crippen LogP contribution in [0, 0.1) is 0 Å². The molecule has 0 heterocycles. The van der Waals surface area contributed by atoms with Crippen LogP contribution in [0.5, 0.6) is 0 Å². The fourth-order valence-corrected chi connectivity index (χ4v) is 0.814. The fourth-order valence-electron chi connectivity index (χ4n) is 0.271. The molecule has 5 heteroatoms. The summed E-state index contributed by atoms with van der Waals surface area (Å²) < 4.78 is 6.76. The molecular formula is C5H10N2O2S. The van der Waals surface area contributed by atoms with E-state index in [1.165, 1.54) is 5.41 Å².